The van der Waals surface area contributed by atoms with Gasteiger partial charge in [0.15, 0.2) is 0 Å². The molecule has 0 heterocycles. The van der Waals surface area contributed by atoms with E-state index in [9.17, 15) is 9.18 Å². The van der Waals surface area contributed by atoms with E-state index in [2.05, 4.69) is 5.32 Å². The standard InChI is InChI=1S/C15H18FNO2/c16-13-5-1-11(2-6-13)4-8-15(19)17-14-7-3-12(9-14)10-18/h1-3,5-7,12,14,18H,4,8-10H2,(H,17,19)/t12-,14+/m0/s1. The van der Waals surface area contributed by atoms with Crippen LogP contribution >= 0.6 is 0 Å². The molecule has 0 bridgehead atoms. The fourth-order valence-corrected chi connectivity index (χ4v) is 2.20. The predicted molar refractivity (Wildman–Crippen MR) is 71.0 cm³/mol. The molecule has 2 atom stereocenters. The number of nitrogens with one attached hydrogen (secondary N) is 1. The molecule has 0 unspecified atom stereocenters. The Morgan fingerprint density at radius 2 is 2.05 bits per heavy atom. The number of aliphatic hydroxyl groups excluding tert-OH is 1. The molecule has 4 heteroatoms. The van der Waals surface area contributed by atoms with E-state index in [0.717, 1.165) is 12.0 Å². The predicted octanol–water partition coefficient (Wildman–Crippen LogP) is 1.81. The van der Waals surface area contributed by atoms with E-state index in [-0.39, 0.29) is 30.3 Å². The lowest BCUT2D eigenvalue weighted by molar-refractivity contribution is -0.121. The zero-order valence-corrected chi connectivity index (χ0v) is 10.7. The van der Waals surface area contributed by atoms with E-state index < -0.39 is 0 Å². The summed E-state index contributed by atoms with van der Waals surface area (Å²) in [6, 6.07) is 6.22. The molecule has 1 aliphatic rings. The van der Waals surface area contributed by atoms with Crippen molar-refractivity contribution in [1.82, 2.24) is 5.32 Å². The first-order chi connectivity index (χ1) is 9.17. The quantitative estimate of drug-likeness (QED) is 0.796. The van der Waals surface area contributed by atoms with E-state index in [0.29, 0.717) is 12.8 Å². The number of halogens is 1. The van der Waals surface area contributed by atoms with E-state index in [1.54, 1.807) is 12.1 Å². The zero-order chi connectivity index (χ0) is 13.7. The average molecular weight is 263 g/mol. The highest BCUT2D eigenvalue weighted by atomic mass is 19.1. The minimum absolute atomic E-state index is 0.0161. The maximum Gasteiger partial charge on any atom is 0.220 e. The third-order valence-electron chi connectivity index (χ3n) is 3.31. The number of aliphatic hydroxyl groups is 1. The van der Waals surface area contributed by atoms with Gasteiger partial charge in [0.05, 0.1) is 0 Å². The van der Waals surface area contributed by atoms with Crippen LogP contribution in [0.5, 0.6) is 0 Å². The van der Waals surface area contributed by atoms with Crippen LogP contribution in [0.3, 0.4) is 0 Å². The molecule has 1 aliphatic carbocycles. The van der Waals surface area contributed by atoms with Crippen molar-refractivity contribution in [3.63, 3.8) is 0 Å². The second kappa shape index (κ2) is 6.48. The van der Waals surface area contributed by atoms with Gasteiger partial charge in [-0.15, -0.1) is 0 Å². The monoisotopic (exact) mass is 263 g/mol. The van der Waals surface area contributed by atoms with Gasteiger partial charge >= 0.3 is 0 Å². The highest BCUT2D eigenvalue weighted by Crippen LogP contribution is 2.17. The fourth-order valence-electron chi connectivity index (χ4n) is 2.20. The zero-order valence-electron chi connectivity index (χ0n) is 10.7. The van der Waals surface area contributed by atoms with Crippen molar-refractivity contribution >= 4 is 5.91 Å². The van der Waals surface area contributed by atoms with Crippen molar-refractivity contribution in [3.05, 3.63) is 47.8 Å². The van der Waals surface area contributed by atoms with Gasteiger partial charge in [-0.05, 0) is 30.5 Å². The van der Waals surface area contributed by atoms with Gasteiger partial charge in [-0.1, -0.05) is 24.3 Å². The average Bonchev–Trinajstić information content (AvgIpc) is 2.86. The molecule has 0 saturated carbocycles. The van der Waals surface area contributed by atoms with E-state index in [1.807, 2.05) is 12.2 Å². The number of carbonyl (C=O) groups excluding carboxylic acids is 1. The Balaban J connectivity index is 1.73. The van der Waals surface area contributed by atoms with E-state index >= 15 is 0 Å². The smallest absolute Gasteiger partial charge is 0.220 e. The van der Waals surface area contributed by atoms with Crippen molar-refractivity contribution in [2.24, 2.45) is 5.92 Å². The van der Waals surface area contributed by atoms with Crippen LogP contribution in [0.25, 0.3) is 0 Å². The Bertz CT molecular complexity index is 456. The second-order valence-electron chi connectivity index (χ2n) is 4.86. The summed E-state index contributed by atoms with van der Waals surface area (Å²) in [7, 11) is 0. The summed E-state index contributed by atoms with van der Waals surface area (Å²) in [5.74, 6) is -0.126. The molecule has 1 amide bonds. The maximum absolute atomic E-state index is 12.7. The molecular weight excluding hydrogens is 245 g/mol. The number of rotatable bonds is 5. The van der Waals surface area contributed by atoms with Gasteiger partial charge in [0, 0.05) is 25.0 Å². The molecular formula is C15H18FNO2. The molecule has 3 nitrogen and oxygen atoms in total. The van der Waals surface area contributed by atoms with Crippen molar-refractivity contribution < 1.29 is 14.3 Å². The molecule has 19 heavy (non-hydrogen) atoms. The van der Waals surface area contributed by atoms with Crippen LogP contribution in [0.2, 0.25) is 0 Å². The van der Waals surface area contributed by atoms with Crippen molar-refractivity contribution in [1.29, 1.82) is 0 Å². The normalized spacial score (nSPS) is 21.6. The van der Waals surface area contributed by atoms with Gasteiger partial charge < -0.3 is 10.4 Å². The lowest BCUT2D eigenvalue weighted by Crippen LogP contribution is -2.33. The van der Waals surface area contributed by atoms with Gasteiger partial charge in [-0.3, -0.25) is 4.79 Å². The number of amides is 1. The number of aryl methyl sites for hydroxylation is 1. The lowest BCUT2D eigenvalue weighted by atomic mass is 10.1. The Hall–Kier alpha value is -1.68. The molecule has 0 aromatic heterocycles. The fraction of sp³-hybridized carbons (Fsp3) is 0.400. The Labute approximate surface area is 112 Å². The number of hydrogen-bond acceptors (Lipinski definition) is 2. The highest BCUT2D eigenvalue weighted by molar-refractivity contribution is 5.76. The van der Waals surface area contributed by atoms with Crippen molar-refractivity contribution in [2.75, 3.05) is 6.61 Å². The maximum atomic E-state index is 12.7. The summed E-state index contributed by atoms with van der Waals surface area (Å²) in [4.78, 5) is 11.8. The van der Waals surface area contributed by atoms with Gasteiger partial charge in [0.1, 0.15) is 5.82 Å². The molecule has 1 aromatic carbocycles. The number of hydrogen-bond donors (Lipinski definition) is 2. The molecule has 1 aromatic rings. The minimum Gasteiger partial charge on any atom is -0.396 e. The molecule has 0 spiro atoms. The largest absolute Gasteiger partial charge is 0.396 e. The number of carbonyl (C=O) groups is 1. The third kappa shape index (κ3) is 4.17. The summed E-state index contributed by atoms with van der Waals surface area (Å²) >= 11 is 0. The Morgan fingerprint density at radius 3 is 2.68 bits per heavy atom. The molecule has 0 aliphatic heterocycles. The van der Waals surface area contributed by atoms with Gasteiger partial charge in [-0.2, -0.15) is 0 Å². The van der Waals surface area contributed by atoms with Crippen LogP contribution in [-0.4, -0.2) is 23.7 Å². The Morgan fingerprint density at radius 1 is 1.32 bits per heavy atom. The number of benzene rings is 1. The van der Waals surface area contributed by atoms with Crippen LogP contribution in [0, 0.1) is 11.7 Å². The van der Waals surface area contributed by atoms with Crippen LogP contribution in [0.4, 0.5) is 4.39 Å². The van der Waals surface area contributed by atoms with Gasteiger partial charge in [0.25, 0.3) is 0 Å². The second-order valence-corrected chi connectivity index (χ2v) is 4.86. The highest BCUT2D eigenvalue weighted by Gasteiger charge is 2.19. The van der Waals surface area contributed by atoms with Crippen LogP contribution < -0.4 is 5.32 Å². The summed E-state index contributed by atoms with van der Waals surface area (Å²) in [6.07, 6.45) is 5.62. The first kappa shape index (κ1) is 13.7. The first-order valence-corrected chi connectivity index (χ1v) is 6.50. The van der Waals surface area contributed by atoms with Crippen LogP contribution in [-0.2, 0) is 11.2 Å². The molecule has 2 N–H and O–H groups in total. The summed E-state index contributed by atoms with van der Waals surface area (Å²) in [6.45, 7) is 0.123. The van der Waals surface area contributed by atoms with Crippen LogP contribution in [0.15, 0.2) is 36.4 Å². The van der Waals surface area contributed by atoms with Gasteiger partial charge in [-0.25, -0.2) is 4.39 Å². The first-order valence-electron chi connectivity index (χ1n) is 6.50. The molecule has 0 radical (unpaired) electrons. The Kier molecular flexibility index (Phi) is 4.68. The third-order valence-corrected chi connectivity index (χ3v) is 3.31. The van der Waals surface area contributed by atoms with Crippen LogP contribution in [0.1, 0.15) is 18.4 Å². The minimum atomic E-state index is -0.265. The van der Waals surface area contributed by atoms with E-state index in [1.165, 1.54) is 12.1 Å². The molecule has 0 fully saturated rings. The van der Waals surface area contributed by atoms with E-state index in [4.69, 9.17) is 5.11 Å². The van der Waals surface area contributed by atoms with Gasteiger partial charge in [0.2, 0.25) is 5.91 Å². The molecule has 0 saturated heterocycles. The SMILES string of the molecule is O=C(CCc1ccc(F)cc1)N[C@@H]1C=C[C@H](CO)C1. The summed E-state index contributed by atoms with van der Waals surface area (Å²) in [5, 5.41) is 11.9. The van der Waals surface area contributed by atoms with Crippen molar-refractivity contribution in [2.45, 2.75) is 25.3 Å². The topological polar surface area (TPSA) is 49.3 Å². The summed E-state index contributed by atoms with van der Waals surface area (Å²) in [5.41, 5.74) is 0.951. The molecule has 102 valence electrons. The summed E-state index contributed by atoms with van der Waals surface area (Å²) < 4.78 is 12.7. The lowest BCUT2D eigenvalue weighted by Gasteiger charge is -2.12. The van der Waals surface area contributed by atoms with Crippen molar-refractivity contribution in [3.8, 4) is 0 Å². The molecule has 2 rings (SSSR count).